The van der Waals surface area contributed by atoms with Gasteiger partial charge in [0.15, 0.2) is 0 Å². The van der Waals surface area contributed by atoms with Crippen molar-refractivity contribution in [1.82, 2.24) is 0 Å². The molecular weight excluding hydrogens is 246 g/mol. The van der Waals surface area contributed by atoms with Crippen molar-refractivity contribution in [3.63, 3.8) is 0 Å². The predicted molar refractivity (Wildman–Crippen MR) is 72.1 cm³/mol. The molecule has 0 fully saturated rings. The van der Waals surface area contributed by atoms with Gasteiger partial charge in [0.25, 0.3) is 0 Å². The number of rotatable bonds is 8. The smallest absolute Gasteiger partial charge is 0.211 e. The van der Waals surface area contributed by atoms with E-state index < -0.39 is 0 Å². The Kier molecular flexibility index (Phi) is 5.99. The van der Waals surface area contributed by atoms with E-state index >= 15 is 0 Å². The molecule has 0 bridgehead atoms. The summed E-state index contributed by atoms with van der Waals surface area (Å²) in [6.45, 7) is 1.74. The lowest BCUT2D eigenvalue weighted by Gasteiger charge is -2.19. The normalized spacial score (nSPS) is 13.6. The van der Waals surface area contributed by atoms with Gasteiger partial charge in [-0.15, -0.1) is 0 Å². The van der Waals surface area contributed by atoms with E-state index in [0.29, 0.717) is 12.2 Å². The Labute approximate surface area is 112 Å². The zero-order valence-corrected chi connectivity index (χ0v) is 11.2. The van der Waals surface area contributed by atoms with Crippen molar-refractivity contribution >= 4 is 6.29 Å². The van der Waals surface area contributed by atoms with Gasteiger partial charge in [0.1, 0.15) is 12.0 Å². The van der Waals surface area contributed by atoms with Gasteiger partial charge in [0.2, 0.25) is 6.54 Å². The van der Waals surface area contributed by atoms with Crippen LogP contribution in [0.4, 0.5) is 0 Å². The second kappa shape index (κ2) is 7.51. The van der Waals surface area contributed by atoms with E-state index in [4.69, 9.17) is 4.74 Å². The van der Waals surface area contributed by atoms with Crippen LogP contribution in [-0.4, -0.2) is 24.9 Å². The highest BCUT2D eigenvalue weighted by Crippen LogP contribution is 2.28. The van der Waals surface area contributed by atoms with Crippen LogP contribution in [0, 0.1) is 16.0 Å². The molecule has 1 rings (SSSR count). The highest BCUT2D eigenvalue weighted by molar-refractivity contribution is 5.56. The molecule has 0 spiro atoms. The van der Waals surface area contributed by atoms with Crippen LogP contribution in [0.15, 0.2) is 24.3 Å². The summed E-state index contributed by atoms with van der Waals surface area (Å²) in [4.78, 5) is 21.6. The Morgan fingerprint density at radius 3 is 2.42 bits per heavy atom. The number of nitro groups is 1. The van der Waals surface area contributed by atoms with Gasteiger partial charge < -0.3 is 9.53 Å². The first-order chi connectivity index (χ1) is 9.12. The van der Waals surface area contributed by atoms with Gasteiger partial charge in [-0.05, 0) is 24.1 Å². The second-order valence-corrected chi connectivity index (χ2v) is 4.48. The van der Waals surface area contributed by atoms with E-state index in [-0.39, 0.29) is 23.3 Å². The highest BCUT2D eigenvalue weighted by Gasteiger charge is 2.27. The van der Waals surface area contributed by atoms with Crippen LogP contribution in [0.2, 0.25) is 0 Å². The molecule has 0 N–H and O–H groups in total. The molecule has 0 aliphatic carbocycles. The second-order valence-electron chi connectivity index (χ2n) is 4.48. The third-order valence-electron chi connectivity index (χ3n) is 3.20. The molecular formula is C14H19NO4. The maximum Gasteiger partial charge on any atom is 0.211 e. The quantitative estimate of drug-likeness (QED) is 0.411. The summed E-state index contributed by atoms with van der Waals surface area (Å²) in [6, 6.07) is 7.10. The Balaban J connectivity index is 2.99. The molecule has 0 saturated heterocycles. The van der Waals surface area contributed by atoms with Crippen LogP contribution in [0.25, 0.3) is 0 Å². The van der Waals surface area contributed by atoms with Crippen molar-refractivity contribution < 1.29 is 14.5 Å². The minimum Gasteiger partial charge on any atom is -0.497 e. The van der Waals surface area contributed by atoms with Gasteiger partial charge in [0, 0.05) is 10.8 Å². The van der Waals surface area contributed by atoms with Crippen molar-refractivity contribution in [2.45, 2.75) is 25.7 Å². The van der Waals surface area contributed by atoms with E-state index in [0.717, 1.165) is 18.3 Å². The summed E-state index contributed by atoms with van der Waals surface area (Å²) >= 11 is 0. The van der Waals surface area contributed by atoms with E-state index in [2.05, 4.69) is 0 Å². The number of aldehydes is 1. The van der Waals surface area contributed by atoms with Crippen molar-refractivity contribution in [1.29, 1.82) is 0 Å². The minimum absolute atomic E-state index is 0.226. The SMILES string of the molecule is CCCC(C=O)[C@H](C[N+](=O)[O-])c1ccc(OC)cc1. The van der Waals surface area contributed by atoms with Crippen LogP contribution in [-0.2, 0) is 4.79 Å². The summed E-state index contributed by atoms with van der Waals surface area (Å²) in [5.41, 5.74) is 0.808. The lowest BCUT2D eigenvalue weighted by atomic mass is 9.84. The van der Waals surface area contributed by atoms with E-state index in [1.807, 2.05) is 6.92 Å². The molecule has 104 valence electrons. The summed E-state index contributed by atoms with van der Waals surface area (Å²) < 4.78 is 5.06. The molecule has 5 heteroatoms. The van der Waals surface area contributed by atoms with E-state index in [1.165, 1.54) is 0 Å². The average Bonchev–Trinajstić information content (AvgIpc) is 2.42. The number of nitrogens with zero attached hydrogens (tertiary/aromatic N) is 1. The lowest BCUT2D eigenvalue weighted by molar-refractivity contribution is -0.484. The first-order valence-electron chi connectivity index (χ1n) is 6.33. The first-order valence-corrected chi connectivity index (χ1v) is 6.33. The number of hydrogen-bond donors (Lipinski definition) is 0. The molecule has 1 unspecified atom stereocenters. The monoisotopic (exact) mass is 265 g/mol. The van der Waals surface area contributed by atoms with Crippen molar-refractivity contribution in [2.75, 3.05) is 13.7 Å². The van der Waals surface area contributed by atoms with Crippen LogP contribution >= 0.6 is 0 Å². The fourth-order valence-corrected chi connectivity index (χ4v) is 2.20. The molecule has 0 radical (unpaired) electrons. The van der Waals surface area contributed by atoms with Crippen LogP contribution in [0.5, 0.6) is 5.75 Å². The maximum absolute atomic E-state index is 11.2. The number of methoxy groups -OCH3 is 1. The van der Waals surface area contributed by atoms with Crippen LogP contribution in [0.1, 0.15) is 31.2 Å². The molecule has 0 amide bonds. The molecule has 0 saturated carbocycles. The van der Waals surface area contributed by atoms with Gasteiger partial charge in [-0.25, -0.2) is 0 Å². The molecule has 0 aromatic heterocycles. The van der Waals surface area contributed by atoms with Gasteiger partial charge in [-0.2, -0.15) is 0 Å². The molecule has 2 atom stereocenters. The first kappa shape index (κ1) is 15.1. The van der Waals surface area contributed by atoms with E-state index in [1.54, 1.807) is 31.4 Å². The van der Waals surface area contributed by atoms with Crippen LogP contribution < -0.4 is 4.74 Å². The zero-order valence-electron chi connectivity index (χ0n) is 11.2. The Hall–Kier alpha value is -1.91. The highest BCUT2D eigenvalue weighted by atomic mass is 16.6. The molecule has 5 nitrogen and oxygen atoms in total. The summed E-state index contributed by atoms with van der Waals surface area (Å²) in [6.07, 6.45) is 2.32. The number of hydrogen-bond acceptors (Lipinski definition) is 4. The third kappa shape index (κ3) is 4.35. The predicted octanol–water partition coefficient (Wildman–Crippen LogP) is 2.67. The van der Waals surface area contributed by atoms with Gasteiger partial charge in [-0.3, -0.25) is 10.1 Å². The maximum atomic E-state index is 11.2. The van der Waals surface area contributed by atoms with Gasteiger partial charge in [0.05, 0.1) is 13.0 Å². The number of carbonyl (C=O) groups excluding carboxylic acids is 1. The largest absolute Gasteiger partial charge is 0.497 e. The van der Waals surface area contributed by atoms with Crippen molar-refractivity contribution in [2.24, 2.45) is 5.92 Å². The Bertz CT molecular complexity index is 416. The third-order valence-corrected chi connectivity index (χ3v) is 3.20. The molecule has 19 heavy (non-hydrogen) atoms. The summed E-state index contributed by atoms with van der Waals surface area (Å²) in [5.74, 6) is 0.00361. The van der Waals surface area contributed by atoms with Crippen LogP contribution in [0.3, 0.4) is 0 Å². The molecule has 1 aromatic carbocycles. The fourth-order valence-electron chi connectivity index (χ4n) is 2.20. The summed E-state index contributed by atoms with van der Waals surface area (Å²) in [7, 11) is 1.56. The van der Waals surface area contributed by atoms with Crippen molar-refractivity contribution in [3.05, 3.63) is 39.9 Å². The average molecular weight is 265 g/mol. The molecule has 1 aromatic rings. The van der Waals surface area contributed by atoms with Crippen molar-refractivity contribution in [3.8, 4) is 5.75 Å². The van der Waals surface area contributed by atoms with Gasteiger partial charge >= 0.3 is 0 Å². The standard InChI is InChI=1S/C14H19NO4/c1-3-4-12(10-16)14(9-15(17)18)11-5-7-13(19-2)8-6-11/h5-8,10,12,14H,3-4,9H2,1-2H3/t12?,14-/m1/s1. The molecule has 0 aliphatic heterocycles. The minimum atomic E-state index is -0.377. The molecule has 0 heterocycles. The Morgan fingerprint density at radius 1 is 1.37 bits per heavy atom. The topological polar surface area (TPSA) is 69.4 Å². The fraction of sp³-hybridized carbons (Fsp3) is 0.500. The number of carbonyl (C=O) groups is 1. The lowest BCUT2D eigenvalue weighted by Crippen LogP contribution is -2.22. The Morgan fingerprint density at radius 2 is 2.00 bits per heavy atom. The summed E-state index contributed by atoms with van der Waals surface area (Å²) in [5, 5.41) is 10.8. The number of ether oxygens (including phenoxy) is 1. The van der Waals surface area contributed by atoms with Gasteiger partial charge in [-0.1, -0.05) is 25.5 Å². The zero-order chi connectivity index (χ0) is 14.3. The molecule has 0 aliphatic rings. The number of benzene rings is 1. The van der Waals surface area contributed by atoms with E-state index in [9.17, 15) is 14.9 Å².